The highest BCUT2D eigenvalue weighted by Gasteiger charge is 2.40. The minimum atomic E-state index is -1.05. The van der Waals surface area contributed by atoms with E-state index >= 15 is 0 Å². The van der Waals surface area contributed by atoms with Crippen molar-refractivity contribution >= 4 is 34.8 Å². The minimum Gasteiger partial charge on any atom is -0.0834 e. The molecule has 0 spiro atoms. The van der Waals surface area contributed by atoms with Crippen LogP contribution in [0.5, 0.6) is 0 Å². The molecule has 17 heavy (non-hydrogen) atoms. The third-order valence-corrected chi connectivity index (χ3v) is 4.85. The van der Waals surface area contributed by atoms with E-state index in [4.69, 9.17) is 34.8 Å². The Bertz CT molecular complexity index is 194. The van der Waals surface area contributed by atoms with Crippen LogP contribution in [0.3, 0.4) is 0 Å². The van der Waals surface area contributed by atoms with Crippen LogP contribution in [0.4, 0.5) is 0 Å². The molecule has 0 aromatic carbocycles. The Balaban J connectivity index is 2.16. The molecule has 0 amide bonds. The smallest absolute Gasteiger partial charge is 0.0834 e. The van der Waals surface area contributed by atoms with Gasteiger partial charge in [0.2, 0.25) is 0 Å². The van der Waals surface area contributed by atoms with Gasteiger partial charge in [-0.05, 0) is 12.3 Å². The summed E-state index contributed by atoms with van der Waals surface area (Å²) in [6.45, 7) is 2.25. The molecule has 0 N–H and O–H groups in total. The second-order valence-electron chi connectivity index (χ2n) is 5.40. The number of hydrogen-bond donors (Lipinski definition) is 0. The molecule has 1 fully saturated rings. The Morgan fingerprint density at radius 3 is 2.06 bits per heavy atom. The van der Waals surface area contributed by atoms with Crippen LogP contribution in [0.15, 0.2) is 0 Å². The van der Waals surface area contributed by atoms with E-state index in [0.29, 0.717) is 5.92 Å². The summed E-state index contributed by atoms with van der Waals surface area (Å²) in [4.78, 5) is 0. The Kier molecular flexibility index (Phi) is 7.61. The molecule has 102 valence electrons. The van der Waals surface area contributed by atoms with Crippen LogP contribution in [0.25, 0.3) is 0 Å². The second kappa shape index (κ2) is 8.12. The average Bonchev–Trinajstić information content (AvgIpc) is 2.17. The van der Waals surface area contributed by atoms with Crippen molar-refractivity contribution in [1.82, 2.24) is 0 Å². The van der Waals surface area contributed by atoms with E-state index < -0.39 is 3.79 Å². The quantitative estimate of drug-likeness (QED) is 0.353. The van der Waals surface area contributed by atoms with Crippen LogP contribution in [0.2, 0.25) is 0 Å². The summed E-state index contributed by atoms with van der Waals surface area (Å²) >= 11 is 18.3. The lowest BCUT2D eigenvalue weighted by molar-refractivity contribution is 0.193. The Labute approximate surface area is 121 Å². The van der Waals surface area contributed by atoms with Crippen molar-refractivity contribution in [3.8, 4) is 0 Å². The van der Waals surface area contributed by atoms with Gasteiger partial charge in [-0.2, -0.15) is 0 Å². The van der Waals surface area contributed by atoms with Gasteiger partial charge in [-0.25, -0.2) is 0 Å². The predicted molar refractivity (Wildman–Crippen MR) is 79.1 cm³/mol. The highest BCUT2D eigenvalue weighted by molar-refractivity contribution is 6.67. The normalized spacial score (nSPS) is 19.1. The fraction of sp³-hybridized carbons (Fsp3) is 1.00. The van der Waals surface area contributed by atoms with Crippen molar-refractivity contribution in [2.24, 2.45) is 11.8 Å². The van der Waals surface area contributed by atoms with Crippen LogP contribution in [0, 0.1) is 11.8 Å². The maximum Gasteiger partial charge on any atom is 0.193 e. The number of unbranched alkanes of at least 4 members (excludes halogenated alkanes) is 5. The fourth-order valence-electron chi connectivity index (χ4n) is 2.65. The Morgan fingerprint density at radius 2 is 1.59 bits per heavy atom. The molecular weight excluding hydrogens is 275 g/mol. The van der Waals surface area contributed by atoms with Crippen molar-refractivity contribution in [2.45, 2.75) is 74.9 Å². The molecule has 0 radical (unpaired) electrons. The molecule has 1 atom stereocenters. The van der Waals surface area contributed by atoms with E-state index in [9.17, 15) is 0 Å². The number of rotatable bonds is 8. The monoisotopic (exact) mass is 298 g/mol. The van der Waals surface area contributed by atoms with Crippen molar-refractivity contribution in [2.75, 3.05) is 0 Å². The molecule has 0 heterocycles. The maximum atomic E-state index is 6.10. The van der Waals surface area contributed by atoms with Crippen molar-refractivity contribution in [1.29, 1.82) is 0 Å². The summed E-state index contributed by atoms with van der Waals surface area (Å²) in [5, 5.41) is 0. The number of halogens is 3. The summed E-state index contributed by atoms with van der Waals surface area (Å²) in [7, 11) is 0. The van der Waals surface area contributed by atoms with Crippen molar-refractivity contribution in [3.05, 3.63) is 0 Å². The first-order valence-electron chi connectivity index (χ1n) is 7.12. The average molecular weight is 300 g/mol. The van der Waals surface area contributed by atoms with Crippen molar-refractivity contribution in [3.63, 3.8) is 0 Å². The number of alkyl halides is 3. The molecule has 1 aliphatic rings. The van der Waals surface area contributed by atoms with Gasteiger partial charge in [-0.3, -0.25) is 0 Å². The molecule has 1 rings (SSSR count). The van der Waals surface area contributed by atoms with Crippen LogP contribution >= 0.6 is 34.8 Å². The van der Waals surface area contributed by atoms with E-state index in [2.05, 4.69) is 6.92 Å². The molecule has 3 heteroatoms. The molecule has 1 saturated carbocycles. The Morgan fingerprint density at radius 1 is 1.00 bits per heavy atom. The van der Waals surface area contributed by atoms with Crippen LogP contribution < -0.4 is 0 Å². The van der Waals surface area contributed by atoms with Gasteiger partial charge in [-0.1, -0.05) is 99.5 Å². The van der Waals surface area contributed by atoms with Crippen LogP contribution in [-0.4, -0.2) is 3.79 Å². The summed E-state index contributed by atoms with van der Waals surface area (Å²) in [5.41, 5.74) is 0. The first kappa shape index (κ1) is 15.9. The SMILES string of the molecule is CCCCCCCCC(C1CCC1)C(Cl)(Cl)Cl. The van der Waals surface area contributed by atoms with Gasteiger partial charge in [0, 0.05) is 5.92 Å². The highest BCUT2D eigenvalue weighted by atomic mass is 35.6. The van der Waals surface area contributed by atoms with E-state index in [1.807, 2.05) is 0 Å². The zero-order chi connectivity index (χ0) is 12.7. The van der Waals surface area contributed by atoms with Gasteiger partial charge in [0.05, 0.1) is 0 Å². The van der Waals surface area contributed by atoms with Crippen LogP contribution in [-0.2, 0) is 0 Å². The summed E-state index contributed by atoms with van der Waals surface area (Å²) in [6, 6.07) is 0. The molecule has 0 saturated heterocycles. The summed E-state index contributed by atoms with van der Waals surface area (Å²) in [5.74, 6) is 0.950. The minimum absolute atomic E-state index is 0.285. The van der Waals surface area contributed by atoms with Gasteiger partial charge in [0.1, 0.15) is 0 Å². The van der Waals surface area contributed by atoms with E-state index in [1.165, 1.54) is 57.8 Å². The molecule has 0 nitrogen and oxygen atoms in total. The molecular formula is C14H25Cl3. The topological polar surface area (TPSA) is 0 Å². The molecule has 1 aliphatic carbocycles. The summed E-state index contributed by atoms with van der Waals surface area (Å²) < 4.78 is -1.05. The van der Waals surface area contributed by atoms with Gasteiger partial charge in [-0.15, -0.1) is 0 Å². The third kappa shape index (κ3) is 6.03. The zero-order valence-corrected chi connectivity index (χ0v) is 13.1. The molecule has 0 aromatic heterocycles. The molecule has 0 aromatic rings. The number of hydrogen-bond acceptors (Lipinski definition) is 0. The molecule has 0 bridgehead atoms. The summed E-state index contributed by atoms with van der Waals surface area (Å²) in [6.07, 6.45) is 12.8. The molecule has 0 aliphatic heterocycles. The van der Waals surface area contributed by atoms with Gasteiger partial charge in [0.15, 0.2) is 3.79 Å². The fourth-order valence-corrected chi connectivity index (χ4v) is 3.52. The molecule has 1 unspecified atom stereocenters. The van der Waals surface area contributed by atoms with E-state index in [0.717, 1.165) is 6.42 Å². The lowest BCUT2D eigenvalue weighted by Crippen LogP contribution is -2.32. The van der Waals surface area contributed by atoms with E-state index in [-0.39, 0.29) is 5.92 Å². The van der Waals surface area contributed by atoms with Crippen LogP contribution in [0.1, 0.15) is 71.1 Å². The first-order valence-corrected chi connectivity index (χ1v) is 8.25. The van der Waals surface area contributed by atoms with Crippen molar-refractivity contribution < 1.29 is 0 Å². The lowest BCUT2D eigenvalue weighted by Gasteiger charge is -2.37. The van der Waals surface area contributed by atoms with Gasteiger partial charge < -0.3 is 0 Å². The van der Waals surface area contributed by atoms with E-state index in [1.54, 1.807) is 0 Å². The third-order valence-electron chi connectivity index (χ3n) is 4.01. The zero-order valence-electron chi connectivity index (χ0n) is 10.9. The Hall–Kier alpha value is 0.870. The maximum absolute atomic E-state index is 6.10. The van der Waals surface area contributed by atoms with Gasteiger partial charge >= 0.3 is 0 Å². The largest absolute Gasteiger partial charge is 0.193 e. The standard InChI is InChI=1S/C14H25Cl3/c1-2-3-4-5-6-7-11-13(14(15,16)17)12-9-8-10-12/h12-13H,2-11H2,1H3. The van der Waals surface area contributed by atoms with Gasteiger partial charge in [0.25, 0.3) is 0 Å². The first-order chi connectivity index (χ1) is 8.05. The highest BCUT2D eigenvalue weighted by Crippen LogP contribution is 2.48. The lowest BCUT2D eigenvalue weighted by atomic mass is 9.74. The predicted octanol–water partition coefficient (Wildman–Crippen LogP) is 6.52. The second-order valence-corrected chi connectivity index (χ2v) is 7.76.